The molecule has 0 spiro atoms. The van der Waals surface area contributed by atoms with Crippen LogP contribution in [0.3, 0.4) is 0 Å². The molecule has 0 aromatic heterocycles. The van der Waals surface area contributed by atoms with Gasteiger partial charge in [-0.2, -0.15) is 0 Å². The summed E-state index contributed by atoms with van der Waals surface area (Å²) in [5.41, 5.74) is 1.37. The molecule has 0 heterocycles. The first kappa shape index (κ1) is 15.4. The predicted octanol–water partition coefficient (Wildman–Crippen LogP) is 4.06. The molecule has 0 aliphatic carbocycles. The van der Waals surface area contributed by atoms with Crippen LogP contribution in [0.1, 0.15) is 31.0 Å². The van der Waals surface area contributed by atoms with E-state index in [1.807, 2.05) is 38.1 Å². The molecule has 21 heavy (non-hydrogen) atoms. The number of hydrogen-bond acceptors (Lipinski definition) is 2. The highest BCUT2D eigenvalue weighted by molar-refractivity contribution is 5.42. The van der Waals surface area contributed by atoms with E-state index >= 15 is 0 Å². The van der Waals surface area contributed by atoms with Crippen LogP contribution in [0.5, 0.6) is 5.75 Å². The highest BCUT2D eigenvalue weighted by atomic mass is 19.1. The molecule has 0 amide bonds. The quantitative estimate of drug-likeness (QED) is 0.897. The molecule has 0 aliphatic heterocycles. The summed E-state index contributed by atoms with van der Waals surface area (Å²) < 4.78 is 32.7. The Morgan fingerprint density at radius 2 is 1.62 bits per heavy atom. The molecule has 1 atom stereocenters. The fraction of sp³-hybridized carbons (Fsp3) is 0.294. The van der Waals surface area contributed by atoms with Gasteiger partial charge in [0.1, 0.15) is 17.4 Å². The first-order valence-corrected chi connectivity index (χ1v) is 6.90. The highest BCUT2D eigenvalue weighted by Crippen LogP contribution is 2.31. The van der Waals surface area contributed by atoms with Crippen LogP contribution in [0.4, 0.5) is 8.78 Å². The number of hydrogen-bond donors (Lipinski definition) is 1. The maximum atomic E-state index is 13.5. The zero-order valence-corrected chi connectivity index (χ0v) is 12.4. The fourth-order valence-electron chi connectivity index (χ4n) is 2.32. The second-order valence-corrected chi connectivity index (χ2v) is 5.13. The Hall–Kier alpha value is -1.94. The van der Waals surface area contributed by atoms with Gasteiger partial charge in [-0.15, -0.1) is 0 Å². The predicted molar refractivity (Wildman–Crippen MR) is 79.5 cm³/mol. The average Bonchev–Trinajstić information content (AvgIpc) is 2.40. The minimum atomic E-state index is -0.590. The largest absolute Gasteiger partial charge is 0.491 e. The molecule has 0 saturated carbocycles. The molecule has 112 valence electrons. The SMILES string of the molecule is CNC(c1cc(F)cc(F)c1)c1ccccc1OC(C)C. The Balaban J connectivity index is 2.46. The first-order valence-electron chi connectivity index (χ1n) is 6.90. The highest BCUT2D eigenvalue weighted by Gasteiger charge is 2.18. The number of ether oxygens (including phenoxy) is 1. The number of halogens is 2. The van der Waals surface area contributed by atoms with Gasteiger partial charge in [-0.25, -0.2) is 8.78 Å². The minimum absolute atomic E-state index is 0.0212. The molecule has 2 aromatic rings. The third-order valence-electron chi connectivity index (χ3n) is 3.10. The molecule has 2 aromatic carbocycles. The Bertz CT molecular complexity index is 593. The number of benzene rings is 2. The standard InChI is InChI=1S/C17H19F2NO/c1-11(2)21-16-7-5-4-6-15(16)17(20-3)12-8-13(18)10-14(19)9-12/h4-11,17,20H,1-3H3. The molecular weight excluding hydrogens is 272 g/mol. The third kappa shape index (κ3) is 3.79. The molecule has 0 saturated heterocycles. The van der Waals surface area contributed by atoms with E-state index in [0.717, 1.165) is 11.6 Å². The molecular formula is C17H19F2NO. The van der Waals surface area contributed by atoms with Crippen LogP contribution >= 0.6 is 0 Å². The Labute approximate surface area is 123 Å². The van der Waals surface area contributed by atoms with Crippen LogP contribution in [-0.2, 0) is 0 Å². The third-order valence-corrected chi connectivity index (χ3v) is 3.10. The Morgan fingerprint density at radius 1 is 1.00 bits per heavy atom. The van der Waals surface area contributed by atoms with E-state index in [-0.39, 0.29) is 12.1 Å². The summed E-state index contributed by atoms with van der Waals surface area (Å²) in [7, 11) is 1.75. The number of nitrogens with one attached hydrogen (secondary N) is 1. The van der Waals surface area contributed by atoms with Crippen LogP contribution < -0.4 is 10.1 Å². The van der Waals surface area contributed by atoms with Crippen LogP contribution in [0.25, 0.3) is 0 Å². The first-order chi connectivity index (χ1) is 10.0. The van der Waals surface area contributed by atoms with Crippen molar-refractivity contribution in [3.63, 3.8) is 0 Å². The van der Waals surface area contributed by atoms with Crippen LogP contribution in [-0.4, -0.2) is 13.2 Å². The van der Waals surface area contributed by atoms with Gasteiger partial charge < -0.3 is 10.1 Å². The Morgan fingerprint density at radius 3 is 2.19 bits per heavy atom. The lowest BCUT2D eigenvalue weighted by Gasteiger charge is -2.22. The molecule has 1 unspecified atom stereocenters. The van der Waals surface area contributed by atoms with Gasteiger partial charge in [0.25, 0.3) is 0 Å². The zero-order chi connectivity index (χ0) is 15.4. The van der Waals surface area contributed by atoms with Crippen molar-refractivity contribution in [3.8, 4) is 5.75 Å². The van der Waals surface area contributed by atoms with Gasteiger partial charge in [0.05, 0.1) is 12.1 Å². The van der Waals surface area contributed by atoms with Gasteiger partial charge in [-0.05, 0) is 44.7 Å². The van der Waals surface area contributed by atoms with Gasteiger partial charge in [0, 0.05) is 11.6 Å². The van der Waals surface area contributed by atoms with Gasteiger partial charge >= 0.3 is 0 Å². The number of rotatable bonds is 5. The second kappa shape index (κ2) is 6.68. The molecule has 0 radical (unpaired) electrons. The second-order valence-electron chi connectivity index (χ2n) is 5.13. The molecule has 0 bridgehead atoms. The Kier molecular flexibility index (Phi) is 4.91. The summed E-state index contributed by atoms with van der Waals surface area (Å²) in [4.78, 5) is 0. The van der Waals surface area contributed by atoms with Crippen molar-refractivity contribution in [2.75, 3.05) is 7.05 Å². The summed E-state index contributed by atoms with van der Waals surface area (Å²) in [6.45, 7) is 3.88. The lowest BCUT2D eigenvalue weighted by molar-refractivity contribution is 0.238. The topological polar surface area (TPSA) is 21.3 Å². The monoisotopic (exact) mass is 291 g/mol. The van der Waals surface area contributed by atoms with Crippen molar-refractivity contribution < 1.29 is 13.5 Å². The van der Waals surface area contributed by atoms with Crippen molar-refractivity contribution in [2.45, 2.75) is 26.0 Å². The van der Waals surface area contributed by atoms with Crippen molar-refractivity contribution in [3.05, 3.63) is 65.2 Å². The van der Waals surface area contributed by atoms with E-state index < -0.39 is 11.6 Å². The van der Waals surface area contributed by atoms with Crippen molar-refractivity contribution in [1.82, 2.24) is 5.32 Å². The van der Waals surface area contributed by atoms with Crippen LogP contribution in [0.15, 0.2) is 42.5 Å². The summed E-state index contributed by atoms with van der Waals surface area (Å²) in [5.74, 6) is -0.475. The van der Waals surface area contributed by atoms with Crippen molar-refractivity contribution in [1.29, 1.82) is 0 Å². The minimum Gasteiger partial charge on any atom is -0.491 e. The summed E-state index contributed by atoms with van der Waals surface area (Å²) in [6.07, 6.45) is 0.0212. The molecule has 1 N–H and O–H groups in total. The maximum Gasteiger partial charge on any atom is 0.126 e. The van der Waals surface area contributed by atoms with Gasteiger partial charge in [-0.1, -0.05) is 18.2 Å². The van der Waals surface area contributed by atoms with E-state index in [1.54, 1.807) is 7.05 Å². The normalized spacial score (nSPS) is 12.5. The van der Waals surface area contributed by atoms with E-state index in [2.05, 4.69) is 5.32 Å². The summed E-state index contributed by atoms with van der Waals surface area (Å²) >= 11 is 0. The molecule has 0 aliphatic rings. The lowest BCUT2D eigenvalue weighted by Crippen LogP contribution is -2.20. The van der Waals surface area contributed by atoms with Crippen molar-refractivity contribution in [2.24, 2.45) is 0 Å². The van der Waals surface area contributed by atoms with Gasteiger partial charge in [0.2, 0.25) is 0 Å². The van der Waals surface area contributed by atoms with Crippen molar-refractivity contribution >= 4 is 0 Å². The fourth-order valence-corrected chi connectivity index (χ4v) is 2.32. The molecule has 2 nitrogen and oxygen atoms in total. The molecule has 2 rings (SSSR count). The van der Waals surface area contributed by atoms with E-state index in [4.69, 9.17) is 4.74 Å². The molecule has 4 heteroatoms. The van der Waals surface area contributed by atoms with E-state index in [9.17, 15) is 8.78 Å². The number of para-hydroxylation sites is 1. The summed E-state index contributed by atoms with van der Waals surface area (Å²) in [6, 6.07) is 10.7. The smallest absolute Gasteiger partial charge is 0.126 e. The van der Waals surface area contributed by atoms with Gasteiger partial charge in [-0.3, -0.25) is 0 Å². The van der Waals surface area contributed by atoms with E-state index in [1.165, 1.54) is 12.1 Å². The van der Waals surface area contributed by atoms with Crippen LogP contribution in [0, 0.1) is 11.6 Å². The van der Waals surface area contributed by atoms with Crippen LogP contribution in [0.2, 0.25) is 0 Å². The average molecular weight is 291 g/mol. The lowest BCUT2D eigenvalue weighted by atomic mass is 9.97. The summed E-state index contributed by atoms with van der Waals surface area (Å²) in [5, 5.41) is 3.09. The zero-order valence-electron chi connectivity index (χ0n) is 12.4. The maximum absolute atomic E-state index is 13.5. The van der Waals surface area contributed by atoms with E-state index in [0.29, 0.717) is 11.3 Å². The van der Waals surface area contributed by atoms with Gasteiger partial charge in [0.15, 0.2) is 0 Å². The molecule has 0 fully saturated rings.